The molecule has 0 unspecified atom stereocenters. The van der Waals surface area contributed by atoms with Gasteiger partial charge in [-0.05, 0) is 18.2 Å². The van der Waals surface area contributed by atoms with E-state index in [2.05, 4.69) is 0 Å². The van der Waals surface area contributed by atoms with Gasteiger partial charge in [0.25, 0.3) is 0 Å². The van der Waals surface area contributed by atoms with Crippen LogP contribution in [0.4, 0.5) is 17.6 Å². The summed E-state index contributed by atoms with van der Waals surface area (Å²) in [7, 11) is 1.21. The molecule has 0 amide bonds. The van der Waals surface area contributed by atoms with E-state index in [0.29, 0.717) is 0 Å². The summed E-state index contributed by atoms with van der Waals surface area (Å²) in [6.07, 6.45) is -7.66. The van der Waals surface area contributed by atoms with Crippen molar-refractivity contribution in [3.63, 3.8) is 0 Å². The molecule has 0 bridgehead atoms. The molecule has 96 valence electrons. The van der Waals surface area contributed by atoms with Crippen LogP contribution in [-0.4, -0.2) is 24.5 Å². The first-order chi connectivity index (χ1) is 7.77. The van der Waals surface area contributed by atoms with Gasteiger partial charge in [0, 0.05) is 5.56 Å². The summed E-state index contributed by atoms with van der Waals surface area (Å²) in [5.74, 6) is -0.771. The zero-order valence-electron chi connectivity index (χ0n) is 8.83. The molecule has 0 aliphatic rings. The second kappa shape index (κ2) is 4.89. The maximum absolute atomic E-state index is 12.9. The molecule has 0 aliphatic heterocycles. The third-order valence-corrected chi connectivity index (χ3v) is 2.23. The number of benzene rings is 1. The van der Waals surface area contributed by atoms with Gasteiger partial charge < -0.3 is 15.6 Å². The second-order valence-electron chi connectivity index (χ2n) is 3.40. The Balaban J connectivity index is 3.10. The highest BCUT2D eigenvalue weighted by atomic mass is 19.4. The Morgan fingerprint density at radius 1 is 1.35 bits per heavy atom. The van der Waals surface area contributed by atoms with Gasteiger partial charge in [-0.2, -0.15) is 13.2 Å². The average molecular weight is 253 g/mol. The molecule has 0 saturated carbocycles. The Hall–Kier alpha value is -1.34. The number of aliphatic hydroxyl groups excluding tert-OH is 1. The van der Waals surface area contributed by atoms with Crippen LogP contribution in [0.2, 0.25) is 0 Å². The lowest BCUT2D eigenvalue weighted by molar-refractivity contribution is -0.210. The van der Waals surface area contributed by atoms with Gasteiger partial charge in [-0.3, -0.25) is 0 Å². The molecular formula is C10H11F4NO2. The number of halogens is 4. The fourth-order valence-electron chi connectivity index (χ4n) is 1.34. The van der Waals surface area contributed by atoms with Gasteiger partial charge in [0.15, 0.2) is 6.10 Å². The molecule has 0 fully saturated rings. The van der Waals surface area contributed by atoms with E-state index in [4.69, 9.17) is 15.6 Å². The van der Waals surface area contributed by atoms with Gasteiger partial charge in [-0.15, -0.1) is 0 Å². The van der Waals surface area contributed by atoms with Gasteiger partial charge in [0.2, 0.25) is 0 Å². The monoisotopic (exact) mass is 253 g/mol. The first-order valence-electron chi connectivity index (χ1n) is 4.61. The summed E-state index contributed by atoms with van der Waals surface area (Å²) >= 11 is 0. The van der Waals surface area contributed by atoms with Crippen LogP contribution in [0.3, 0.4) is 0 Å². The Labute approximate surface area is 94.8 Å². The van der Waals surface area contributed by atoms with Crippen molar-refractivity contribution in [2.45, 2.75) is 18.3 Å². The smallest absolute Gasteiger partial charge is 0.416 e. The summed E-state index contributed by atoms with van der Waals surface area (Å²) in [5, 5.41) is 8.99. The van der Waals surface area contributed by atoms with E-state index in [9.17, 15) is 17.6 Å². The lowest BCUT2D eigenvalue weighted by Crippen LogP contribution is -2.39. The maximum Gasteiger partial charge on any atom is 0.416 e. The van der Waals surface area contributed by atoms with E-state index in [1.165, 1.54) is 7.11 Å². The summed E-state index contributed by atoms with van der Waals surface area (Å²) in [6.45, 7) is 0. The SMILES string of the molecule is COc1ccc(F)cc1[C@H](N)[C@H](O)C(F)(F)F. The fourth-order valence-corrected chi connectivity index (χ4v) is 1.34. The Kier molecular flexibility index (Phi) is 3.94. The van der Waals surface area contributed by atoms with Crippen molar-refractivity contribution in [3.05, 3.63) is 29.6 Å². The van der Waals surface area contributed by atoms with Crippen LogP contribution >= 0.6 is 0 Å². The van der Waals surface area contributed by atoms with Crippen LogP contribution in [0.1, 0.15) is 11.6 Å². The van der Waals surface area contributed by atoms with Crippen LogP contribution in [-0.2, 0) is 0 Å². The Bertz CT molecular complexity index is 394. The molecule has 0 radical (unpaired) electrons. The number of hydrogen-bond donors (Lipinski definition) is 2. The summed E-state index contributed by atoms with van der Waals surface area (Å²) in [5.41, 5.74) is 5.01. The van der Waals surface area contributed by atoms with Crippen molar-refractivity contribution in [3.8, 4) is 5.75 Å². The largest absolute Gasteiger partial charge is 0.496 e. The molecule has 3 nitrogen and oxygen atoms in total. The summed E-state index contributed by atoms with van der Waals surface area (Å²) in [6, 6.07) is 1.17. The van der Waals surface area contributed by atoms with Gasteiger partial charge in [-0.25, -0.2) is 4.39 Å². The van der Waals surface area contributed by atoms with Gasteiger partial charge in [-0.1, -0.05) is 0 Å². The quantitative estimate of drug-likeness (QED) is 0.807. The predicted molar refractivity (Wildman–Crippen MR) is 51.9 cm³/mol. The molecule has 0 saturated heterocycles. The molecule has 1 rings (SSSR count). The second-order valence-corrected chi connectivity index (χ2v) is 3.40. The van der Waals surface area contributed by atoms with Crippen molar-refractivity contribution in [1.29, 1.82) is 0 Å². The minimum absolute atomic E-state index is 0.0119. The topological polar surface area (TPSA) is 55.5 Å². The molecule has 3 N–H and O–H groups in total. The molecule has 0 aliphatic carbocycles. The van der Waals surface area contributed by atoms with Crippen molar-refractivity contribution in [2.24, 2.45) is 5.73 Å². The highest BCUT2D eigenvalue weighted by molar-refractivity contribution is 5.37. The van der Waals surface area contributed by atoms with Crippen molar-refractivity contribution in [1.82, 2.24) is 0 Å². The number of methoxy groups -OCH3 is 1. The van der Waals surface area contributed by atoms with Crippen LogP contribution in [0.15, 0.2) is 18.2 Å². The highest BCUT2D eigenvalue weighted by Gasteiger charge is 2.43. The average Bonchev–Trinajstić information content (AvgIpc) is 2.25. The van der Waals surface area contributed by atoms with E-state index in [0.717, 1.165) is 18.2 Å². The molecule has 7 heteroatoms. The number of aliphatic hydroxyl groups is 1. The van der Waals surface area contributed by atoms with Crippen LogP contribution < -0.4 is 10.5 Å². The molecule has 0 heterocycles. The van der Waals surface area contributed by atoms with Gasteiger partial charge in [0.05, 0.1) is 13.2 Å². The summed E-state index contributed by atoms with van der Waals surface area (Å²) in [4.78, 5) is 0. The van der Waals surface area contributed by atoms with E-state index < -0.39 is 24.1 Å². The standard InChI is InChI=1S/C10H11F4NO2/c1-17-7-3-2-5(11)4-6(7)8(15)9(16)10(12,13)14/h2-4,8-9,16H,15H2,1H3/t8-,9-/m0/s1. The zero-order valence-corrected chi connectivity index (χ0v) is 8.83. The lowest BCUT2D eigenvalue weighted by atomic mass is 10.0. The van der Waals surface area contributed by atoms with Crippen LogP contribution in [0.25, 0.3) is 0 Å². The van der Waals surface area contributed by atoms with Crippen molar-refractivity contribution in [2.75, 3.05) is 7.11 Å². The number of nitrogens with two attached hydrogens (primary N) is 1. The predicted octanol–water partition coefficient (Wildman–Crippen LogP) is 1.76. The van der Waals surface area contributed by atoms with E-state index in [1.807, 2.05) is 0 Å². The zero-order chi connectivity index (χ0) is 13.2. The minimum Gasteiger partial charge on any atom is -0.496 e. The Morgan fingerprint density at radius 2 is 1.94 bits per heavy atom. The number of hydrogen-bond acceptors (Lipinski definition) is 3. The van der Waals surface area contributed by atoms with Crippen LogP contribution in [0, 0.1) is 5.82 Å². The highest BCUT2D eigenvalue weighted by Crippen LogP contribution is 2.33. The molecule has 1 aromatic rings. The van der Waals surface area contributed by atoms with E-state index in [1.54, 1.807) is 0 Å². The first kappa shape index (κ1) is 13.7. The number of alkyl halides is 3. The molecule has 0 aromatic heterocycles. The third kappa shape index (κ3) is 3.07. The van der Waals surface area contributed by atoms with Crippen molar-refractivity contribution < 1.29 is 27.4 Å². The van der Waals surface area contributed by atoms with E-state index in [-0.39, 0.29) is 11.3 Å². The van der Waals surface area contributed by atoms with Gasteiger partial charge >= 0.3 is 6.18 Å². The minimum atomic E-state index is -4.88. The fraction of sp³-hybridized carbons (Fsp3) is 0.400. The van der Waals surface area contributed by atoms with Crippen molar-refractivity contribution >= 4 is 0 Å². The third-order valence-electron chi connectivity index (χ3n) is 2.23. The molecule has 2 atom stereocenters. The lowest BCUT2D eigenvalue weighted by Gasteiger charge is -2.23. The molecular weight excluding hydrogens is 242 g/mol. The Morgan fingerprint density at radius 3 is 2.41 bits per heavy atom. The normalized spacial score (nSPS) is 15.5. The van der Waals surface area contributed by atoms with Gasteiger partial charge in [0.1, 0.15) is 11.6 Å². The molecule has 1 aromatic carbocycles. The van der Waals surface area contributed by atoms with Crippen LogP contribution in [0.5, 0.6) is 5.75 Å². The maximum atomic E-state index is 12.9. The van der Waals surface area contributed by atoms with E-state index >= 15 is 0 Å². The first-order valence-corrected chi connectivity index (χ1v) is 4.61. The summed E-state index contributed by atoms with van der Waals surface area (Å²) < 4.78 is 54.5. The molecule has 0 spiro atoms. The molecule has 17 heavy (non-hydrogen) atoms. The number of rotatable bonds is 3. The number of ether oxygens (including phenoxy) is 1.